The van der Waals surface area contributed by atoms with Gasteiger partial charge >= 0.3 is 5.97 Å². The molecule has 15 heavy (non-hydrogen) atoms. The summed E-state index contributed by atoms with van der Waals surface area (Å²) in [5.41, 5.74) is -0.329. The standard InChI is InChI=1S/C12H21NO2/c1-4-5-11(14)15-12(2,3)10-6-8-13-9-7-10/h4-5,10,13H,6-9H2,1-3H3/p+1/b5-4+. The Kier molecular flexibility index (Phi) is 4.33. The first-order chi connectivity index (χ1) is 7.06. The summed E-state index contributed by atoms with van der Waals surface area (Å²) in [6.45, 7) is 8.16. The van der Waals surface area contributed by atoms with Gasteiger partial charge in [-0.1, -0.05) is 6.08 Å². The molecule has 1 fully saturated rings. The van der Waals surface area contributed by atoms with Crippen LogP contribution >= 0.6 is 0 Å². The lowest BCUT2D eigenvalue weighted by molar-refractivity contribution is -0.665. The average molecular weight is 212 g/mol. The van der Waals surface area contributed by atoms with E-state index in [1.807, 2.05) is 20.8 Å². The number of hydrogen-bond acceptors (Lipinski definition) is 2. The van der Waals surface area contributed by atoms with E-state index < -0.39 is 0 Å². The Balaban J connectivity index is 2.52. The first kappa shape index (κ1) is 12.2. The Morgan fingerprint density at radius 2 is 2.00 bits per heavy atom. The van der Waals surface area contributed by atoms with Crippen molar-refractivity contribution in [3.05, 3.63) is 12.2 Å². The Labute approximate surface area is 91.9 Å². The highest BCUT2D eigenvalue weighted by atomic mass is 16.6. The lowest BCUT2D eigenvalue weighted by Gasteiger charge is -2.35. The monoisotopic (exact) mass is 212 g/mol. The maximum absolute atomic E-state index is 11.4. The smallest absolute Gasteiger partial charge is 0.330 e. The lowest BCUT2D eigenvalue weighted by atomic mass is 9.83. The third kappa shape index (κ3) is 3.67. The van der Waals surface area contributed by atoms with Gasteiger partial charge in [-0.15, -0.1) is 0 Å². The van der Waals surface area contributed by atoms with Crippen LogP contribution in [0.15, 0.2) is 12.2 Å². The molecule has 0 amide bonds. The number of ether oxygens (including phenoxy) is 1. The zero-order valence-corrected chi connectivity index (χ0v) is 9.95. The summed E-state index contributed by atoms with van der Waals surface area (Å²) in [5, 5.41) is 2.32. The van der Waals surface area contributed by atoms with Gasteiger partial charge in [0.05, 0.1) is 13.1 Å². The number of quaternary nitrogens is 1. The Bertz CT molecular complexity index is 240. The molecule has 0 atom stereocenters. The third-order valence-electron chi connectivity index (χ3n) is 3.09. The minimum atomic E-state index is -0.329. The Hall–Kier alpha value is -0.830. The molecule has 1 saturated heterocycles. The molecule has 1 aliphatic heterocycles. The van der Waals surface area contributed by atoms with Crippen molar-refractivity contribution in [2.45, 2.75) is 39.2 Å². The number of esters is 1. The molecule has 3 nitrogen and oxygen atoms in total. The predicted octanol–water partition coefficient (Wildman–Crippen LogP) is 0.858. The number of allylic oxidation sites excluding steroid dienone is 1. The van der Waals surface area contributed by atoms with Crippen LogP contribution in [0, 0.1) is 5.92 Å². The zero-order chi connectivity index (χ0) is 11.3. The van der Waals surface area contributed by atoms with Gasteiger partial charge in [-0.25, -0.2) is 4.79 Å². The Morgan fingerprint density at radius 3 is 2.53 bits per heavy atom. The van der Waals surface area contributed by atoms with Gasteiger partial charge in [-0.05, 0) is 20.8 Å². The molecule has 2 N–H and O–H groups in total. The molecular formula is C12H22NO2+. The molecule has 0 aromatic heterocycles. The molecule has 0 spiro atoms. The van der Waals surface area contributed by atoms with Gasteiger partial charge in [0.1, 0.15) is 5.60 Å². The summed E-state index contributed by atoms with van der Waals surface area (Å²) in [6, 6.07) is 0. The van der Waals surface area contributed by atoms with E-state index in [1.165, 1.54) is 6.08 Å². The number of hydrogen-bond donors (Lipinski definition) is 1. The molecule has 1 rings (SSSR count). The molecule has 1 heterocycles. The predicted molar refractivity (Wildman–Crippen MR) is 59.4 cm³/mol. The largest absolute Gasteiger partial charge is 0.456 e. The normalized spacial score (nSPS) is 19.4. The second-order valence-corrected chi connectivity index (χ2v) is 4.66. The van der Waals surface area contributed by atoms with E-state index >= 15 is 0 Å². The molecule has 0 radical (unpaired) electrons. The molecule has 0 saturated carbocycles. The van der Waals surface area contributed by atoms with Crippen LogP contribution in [0.25, 0.3) is 0 Å². The van der Waals surface area contributed by atoms with Gasteiger partial charge in [0.15, 0.2) is 0 Å². The molecule has 0 aromatic rings. The first-order valence-electron chi connectivity index (χ1n) is 5.73. The van der Waals surface area contributed by atoms with E-state index in [1.54, 1.807) is 6.08 Å². The Morgan fingerprint density at radius 1 is 1.40 bits per heavy atom. The molecule has 86 valence electrons. The average Bonchev–Trinajstić information content (AvgIpc) is 2.18. The summed E-state index contributed by atoms with van der Waals surface area (Å²) >= 11 is 0. The summed E-state index contributed by atoms with van der Waals surface area (Å²) in [7, 11) is 0. The number of piperidine rings is 1. The zero-order valence-electron chi connectivity index (χ0n) is 9.95. The summed E-state index contributed by atoms with van der Waals surface area (Å²) < 4.78 is 5.48. The highest BCUT2D eigenvalue weighted by Crippen LogP contribution is 2.27. The van der Waals surface area contributed by atoms with Crippen molar-refractivity contribution in [3.8, 4) is 0 Å². The van der Waals surface area contributed by atoms with E-state index in [4.69, 9.17) is 4.74 Å². The fraction of sp³-hybridized carbons (Fsp3) is 0.750. The van der Waals surface area contributed by atoms with Crippen molar-refractivity contribution in [3.63, 3.8) is 0 Å². The summed E-state index contributed by atoms with van der Waals surface area (Å²) in [5.74, 6) is 0.272. The van der Waals surface area contributed by atoms with Crippen LogP contribution < -0.4 is 5.32 Å². The molecule has 1 aliphatic rings. The fourth-order valence-electron chi connectivity index (χ4n) is 2.13. The van der Waals surface area contributed by atoms with E-state index in [0.29, 0.717) is 5.92 Å². The van der Waals surface area contributed by atoms with E-state index in [9.17, 15) is 4.79 Å². The first-order valence-corrected chi connectivity index (χ1v) is 5.73. The summed E-state index contributed by atoms with van der Waals surface area (Å²) in [6.07, 6.45) is 5.47. The van der Waals surface area contributed by atoms with Crippen molar-refractivity contribution in [2.75, 3.05) is 13.1 Å². The van der Waals surface area contributed by atoms with Crippen LogP contribution in [0.4, 0.5) is 0 Å². The van der Waals surface area contributed by atoms with E-state index in [0.717, 1.165) is 25.9 Å². The number of rotatable bonds is 3. The van der Waals surface area contributed by atoms with Crippen molar-refractivity contribution in [1.29, 1.82) is 0 Å². The lowest BCUT2D eigenvalue weighted by Crippen LogP contribution is -2.86. The molecule has 0 aliphatic carbocycles. The van der Waals surface area contributed by atoms with Crippen LogP contribution in [-0.4, -0.2) is 24.7 Å². The van der Waals surface area contributed by atoms with Crippen molar-refractivity contribution >= 4 is 5.97 Å². The molecular weight excluding hydrogens is 190 g/mol. The SMILES string of the molecule is C/C=C/C(=O)OC(C)(C)C1CC[NH2+]CC1. The van der Waals surface area contributed by atoms with Gasteiger partial charge in [0.25, 0.3) is 0 Å². The van der Waals surface area contributed by atoms with E-state index in [2.05, 4.69) is 5.32 Å². The second-order valence-electron chi connectivity index (χ2n) is 4.66. The van der Waals surface area contributed by atoms with Gasteiger partial charge in [0.2, 0.25) is 0 Å². The minimum absolute atomic E-state index is 0.225. The quantitative estimate of drug-likeness (QED) is 0.557. The topological polar surface area (TPSA) is 42.9 Å². The van der Waals surface area contributed by atoms with Crippen LogP contribution in [0.5, 0.6) is 0 Å². The minimum Gasteiger partial charge on any atom is -0.456 e. The number of carbonyl (C=O) groups is 1. The third-order valence-corrected chi connectivity index (χ3v) is 3.09. The second kappa shape index (κ2) is 5.31. The highest BCUT2D eigenvalue weighted by Gasteiger charge is 2.34. The van der Waals surface area contributed by atoms with Gasteiger partial charge in [-0.3, -0.25) is 0 Å². The number of nitrogens with two attached hydrogens (primary N) is 1. The fourth-order valence-corrected chi connectivity index (χ4v) is 2.13. The molecule has 0 bridgehead atoms. The van der Waals surface area contributed by atoms with Crippen LogP contribution in [0.1, 0.15) is 33.6 Å². The van der Waals surface area contributed by atoms with Crippen LogP contribution in [0.3, 0.4) is 0 Å². The highest BCUT2D eigenvalue weighted by molar-refractivity contribution is 5.82. The van der Waals surface area contributed by atoms with Crippen molar-refractivity contribution in [2.24, 2.45) is 5.92 Å². The maximum atomic E-state index is 11.4. The molecule has 3 heteroatoms. The van der Waals surface area contributed by atoms with Crippen molar-refractivity contribution < 1.29 is 14.8 Å². The van der Waals surface area contributed by atoms with Gasteiger partial charge < -0.3 is 10.1 Å². The van der Waals surface area contributed by atoms with Gasteiger partial charge in [-0.2, -0.15) is 0 Å². The van der Waals surface area contributed by atoms with Gasteiger partial charge in [0, 0.05) is 24.8 Å². The van der Waals surface area contributed by atoms with Crippen molar-refractivity contribution in [1.82, 2.24) is 0 Å². The summed E-state index contributed by atoms with van der Waals surface area (Å²) in [4.78, 5) is 11.4. The molecule has 0 aromatic carbocycles. The number of carbonyl (C=O) groups excluding carboxylic acids is 1. The molecule has 0 unspecified atom stereocenters. The van der Waals surface area contributed by atoms with Crippen LogP contribution in [0.2, 0.25) is 0 Å². The maximum Gasteiger partial charge on any atom is 0.330 e. The van der Waals surface area contributed by atoms with E-state index in [-0.39, 0.29) is 11.6 Å². The van der Waals surface area contributed by atoms with Crippen LogP contribution in [-0.2, 0) is 9.53 Å².